The van der Waals surface area contributed by atoms with Crippen molar-refractivity contribution in [2.24, 2.45) is 0 Å². The Morgan fingerprint density at radius 2 is 1.74 bits per heavy atom. The number of thioether (sulfide) groups is 1. The summed E-state index contributed by atoms with van der Waals surface area (Å²) in [6.45, 7) is 1.71. The monoisotopic (exact) mass is 327 g/mol. The van der Waals surface area contributed by atoms with Gasteiger partial charge in [0.25, 0.3) is 5.91 Å². The fourth-order valence-electron chi connectivity index (χ4n) is 2.71. The number of hydrogen-bond donors (Lipinski definition) is 0. The van der Waals surface area contributed by atoms with E-state index in [0.29, 0.717) is 5.25 Å². The van der Waals surface area contributed by atoms with E-state index in [1.165, 1.54) is 5.56 Å². The van der Waals surface area contributed by atoms with Gasteiger partial charge >= 0.3 is 0 Å². The summed E-state index contributed by atoms with van der Waals surface area (Å²) in [5, 5.41) is 0.476. The van der Waals surface area contributed by atoms with Crippen LogP contribution in [-0.4, -0.2) is 36.3 Å². The van der Waals surface area contributed by atoms with Gasteiger partial charge in [-0.3, -0.25) is 4.79 Å². The molecule has 1 aliphatic heterocycles. The van der Waals surface area contributed by atoms with E-state index in [4.69, 9.17) is 4.74 Å². The number of carbonyl (C=O) groups excluding carboxylic acids is 1. The molecule has 0 N–H and O–H groups in total. The van der Waals surface area contributed by atoms with Crippen LogP contribution in [-0.2, 0) is 4.79 Å². The Morgan fingerprint density at radius 3 is 2.48 bits per heavy atom. The number of amides is 1. The molecule has 120 valence electrons. The van der Waals surface area contributed by atoms with Gasteiger partial charge in [-0.25, -0.2) is 0 Å². The van der Waals surface area contributed by atoms with Gasteiger partial charge in [-0.2, -0.15) is 11.8 Å². The number of hydrogen-bond acceptors (Lipinski definition) is 3. The number of nitrogens with zero attached hydrogens (tertiary/aromatic N) is 1. The van der Waals surface area contributed by atoms with Crippen molar-refractivity contribution in [1.29, 1.82) is 0 Å². The first kappa shape index (κ1) is 15.9. The Labute approximate surface area is 141 Å². The quantitative estimate of drug-likeness (QED) is 0.856. The molecule has 0 radical (unpaired) electrons. The van der Waals surface area contributed by atoms with Gasteiger partial charge in [-0.15, -0.1) is 0 Å². The minimum absolute atomic E-state index is 0.0724. The first-order valence-corrected chi connectivity index (χ1v) is 9.00. The molecule has 0 bridgehead atoms. The van der Waals surface area contributed by atoms with Gasteiger partial charge in [0.2, 0.25) is 0 Å². The summed E-state index contributed by atoms with van der Waals surface area (Å²) in [7, 11) is 0. The molecule has 1 aliphatic rings. The Hall–Kier alpha value is -1.94. The maximum absolute atomic E-state index is 12.4. The number of para-hydroxylation sites is 1. The summed E-state index contributed by atoms with van der Waals surface area (Å²) in [6.07, 6.45) is 0.992. The molecule has 0 saturated carbocycles. The standard InChI is InChI=1S/C19H21NO2S/c21-19(15-22-17-9-5-2-6-10-17)20-12-11-18(23-14-13-20)16-7-3-1-4-8-16/h1-10,18H,11-15H2. The van der Waals surface area contributed by atoms with Crippen LogP contribution >= 0.6 is 11.8 Å². The molecule has 0 aromatic heterocycles. The average molecular weight is 327 g/mol. The van der Waals surface area contributed by atoms with Crippen LogP contribution in [0.3, 0.4) is 0 Å². The topological polar surface area (TPSA) is 29.5 Å². The van der Waals surface area contributed by atoms with Gasteiger partial charge in [0.05, 0.1) is 0 Å². The maximum atomic E-state index is 12.4. The van der Waals surface area contributed by atoms with E-state index < -0.39 is 0 Å². The lowest BCUT2D eigenvalue weighted by molar-refractivity contribution is -0.133. The van der Waals surface area contributed by atoms with Crippen molar-refractivity contribution >= 4 is 17.7 Å². The van der Waals surface area contributed by atoms with Gasteiger partial charge in [0.1, 0.15) is 5.75 Å². The van der Waals surface area contributed by atoms with Gasteiger partial charge in [0, 0.05) is 24.1 Å². The van der Waals surface area contributed by atoms with Gasteiger partial charge < -0.3 is 9.64 Å². The molecule has 2 aromatic carbocycles. The highest BCUT2D eigenvalue weighted by atomic mass is 32.2. The SMILES string of the molecule is O=C(COc1ccccc1)N1CCSC(c2ccccc2)CC1. The third-order valence-corrected chi connectivity index (χ3v) is 5.30. The highest BCUT2D eigenvalue weighted by Gasteiger charge is 2.22. The molecule has 3 nitrogen and oxygen atoms in total. The molecule has 2 aromatic rings. The van der Waals surface area contributed by atoms with Gasteiger partial charge in [0.15, 0.2) is 6.61 Å². The molecule has 3 rings (SSSR count). The predicted molar refractivity (Wildman–Crippen MR) is 94.8 cm³/mol. The van der Waals surface area contributed by atoms with E-state index in [2.05, 4.69) is 24.3 Å². The zero-order valence-electron chi connectivity index (χ0n) is 13.1. The first-order valence-electron chi connectivity index (χ1n) is 7.95. The van der Waals surface area contributed by atoms with Crippen LogP contribution in [0.5, 0.6) is 5.75 Å². The van der Waals surface area contributed by atoms with E-state index in [-0.39, 0.29) is 12.5 Å². The molecule has 0 aliphatic carbocycles. The lowest BCUT2D eigenvalue weighted by atomic mass is 10.1. The summed E-state index contributed by atoms with van der Waals surface area (Å²) in [5.74, 6) is 1.78. The van der Waals surface area contributed by atoms with Crippen molar-refractivity contribution in [1.82, 2.24) is 4.90 Å². The molecular weight excluding hydrogens is 306 g/mol. The van der Waals surface area contributed by atoms with Crippen molar-refractivity contribution in [3.63, 3.8) is 0 Å². The zero-order chi connectivity index (χ0) is 15.9. The summed E-state index contributed by atoms with van der Waals surface area (Å²) >= 11 is 1.94. The maximum Gasteiger partial charge on any atom is 0.260 e. The van der Waals surface area contributed by atoms with Crippen molar-refractivity contribution in [2.75, 3.05) is 25.4 Å². The molecular formula is C19H21NO2S. The lowest BCUT2D eigenvalue weighted by Crippen LogP contribution is -2.36. The van der Waals surface area contributed by atoms with Crippen LogP contribution in [0.4, 0.5) is 0 Å². The summed E-state index contributed by atoms with van der Waals surface area (Å²) in [5.41, 5.74) is 1.35. The van der Waals surface area contributed by atoms with Crippen molar-refractivity contribution in [2.45, 2.75) is 11.7 Å². The van der Waals surface area contributed by atoms with Crippen molar-refractivity contribution in [3.8, 4) is 5.75 Å². The minimum atomic E-state index is 0.0724. The second-order valence-electron chi connectivity index (χ2n) is 5.54. The van der Waals surface area contributed by atoms with Crippen LogP contribution in [0.15, 0.2) is 60.7 Å². The second-order valence-corrected chi connectivity index (χ2v) is 6.85. The number of carbonyl (C=O) groups is 1. The number of rotatable bonds is 4. The van der Waals surface area contributed by atoms with Gasteiger partial charge in [-0.05, 0) is 24.1 Å². The van der Waals surface area contributed by atoms with Crippen LogP contribution in [0.2, 0.25) is 0 Å². The average Bonchev–Trinajstić information content (AvgIpc) is 2.87. The van der Waals surface area contributed by atoms with E-state index in [0.717, 1.165) is 31.0 Å². The Morgan fingerprint density at radius 1 is 1.04 bits per heavy atom. The molecule has 1 atom stereocenters. The molecule has 1 fully saturated rings. The summed E-state index contributed by atoms with van der Waals surface area (Å²) in [6, 6.07) is 20.1. The van der Waals surface area contributed by atoms with Crippen molar-refractivity contribution in [3.05, 3.63) is 66.2 Å². The fourth-order valence-corrected chi connectivity index (χ4v) is 3.94. The predicted octanol–water partition coefficient (Wildman–Crippen LogP) is 3.77. The van der Waals surface area contributed by atoms with Crippen LogP contribution in [0.1, 0.15) is 17.2 Å². The smallest absolute Gasteiger partial charge is 0.260 e. The normalized spacial score (nSPS) is 18.3. The molecule has 0 spiro atoms. The highest BCUT2D eigenvalue weighted by molar-refractivity contribution is 7.99. The second kappa shape index (κ2) is 8.06. The van der Waals surface area contributed by atoms with E-state index in [1.54, 1.807) is 0 Å². The summed E-state index contributed by atoms with van der Waals surface area (Å²) in [4.78, 5) is 14.3. The molecule has 1 amide bonds. The molecule has 1 saturated heterocycles. The number of ether oxygens (including phenoxy) is 1. The van der Waals surface area contributed by atoms with Crippen LogP contribution < -0.4 is 4.74 Å². The van der Waals surface area contributed by atoms with Crippen LogP contribution in [0.25, 0.3) is 0 Å². The first-order chi connectivity index (χ1) is 11.3. The van der Waals surface area contributed by atoms with E-state index in [9.17, 15) is 4.79 Å². The Kier molecular flexibility index (Phi) is 5.59. The minimum Gasteiger partial charge on any atom is -0.484 e. The largest absolute Gasteiger partial charge is 0.484 e. The van der Waals surface area contributed by atoms with Gasteiger partial charge in [-0.1, -0.05) is 48.5 Å². The lowest BCUT2D eigenvalue weighted by Gasteiger charge is -2.20. The Bertz CT molecular complexity index is 618. The zero-order valence-corrected chi connectivity index (χ0v) is 13.9. The van der Waals surface area contributed by atoms with E-state index in [1.807, 2.05) is 53.1 Å². The third kappa shape index (κ3) is 4.52. The van der Waals surface area contributed by atoms with Crippen LogP contribution in [0, 0.1) is 0 Å². The fraction of sp³-hybridized carbons (Fsp3) is 0.316. The third-order valence-electron chi connectivity index (χ3n) is 3.97. The molecule has 4 heteroatoms. The van der Waals surface area contributed by atoms with E-state index >= 15 is 0 Å². The summed E-state index contributed by atoms with van der Waals surface area (Å²) < 4.78 is 5.58. The molecule has 23 heavy (non-hydrogen) atoms. The molecule has 1 unspecified atom stereocenters. The molecule has 1 heterocycles. The number of benzene rings is 2. The van der Waals surface area contributed by atoms with Crippen molar-refractivity contribution < 1.29 is 9.53 Å². The highest BCUT2D eigenvalue weighted by Crippen LogP contribution is 2.34. The Balaban J connectivity index is 1.52.